The molecule has 2 aromatic rings. The van der Waals surface area contributed by atoms with Crippen LogP contribution >= 0.6 is 23.1 Å². The molecule has 0 spiro atoms. The molecule has 3 amide bonds. The molecule has 0 radical (unpaired) electrons. The number of carbonyl (C=O) groups is 3. The fourth-order valence-corrected chi connectivity index (χ4v) is 7.23. The second-order valence-corrected chi connectivity index (χ2v) is 11.9. The van der Waals surface area contributed by atoms with Crippen molar-refractivity contribution in [2.75, 3.05) is 26.2 Å². The van der Waals surface area contributed by atoms with Crippen molar-refractivity contribution in [2.45, 2.75) is 17.1 Å². The van der Waals surface area contributed by atoms with E-state index in [9.17, 15) is 27.2 Å². The minimum atomic E-state index is -3.53. The Morgan fingerprint density at radius 3 is 2.56 bits per heavy atom. The molecule has 0 atom stereocenters. The number of hydrogen-bond acceptors (Lipinski definition) is 7. The van der Waals surface area contributed by atoms with Gasteiger partial charge in [0.05, 0.1) is 4.91 Å². The van der Waals surface area contributed by atoms with Crippen molar-refractivity contribution in [1.82, 2.24) is 14.5 Å². The first kappa shape index (κ1) is 24.6. The molecular weight excluding hydrogens is 501 g/mol. The summed E-state index contributed by atoms with van der Waals surface area (Å²) in [6.07, 6.45) is 2.13. The number of amides is 3. The first-order valence-corrected chi connectivity index (χ1v) is 13.7. The third-order valence-corrected chi connectivity index (χ3v) is 9.79. The van der Waals surface area contributed by atoms with Crippen molar-refractivity contribution >= 4 is 56.3 Å². The number of rotatable bonds is 7. The first-order chi connectivity index (χ1) is 16.3. The Morgan fingerprint density at radius 2 is 1.88 bits per heavy atom. The molecule has 2 aliphatic rings. The van der Waals surface area contributed by atoms with Gasteiger partial charge < -0.3 is 5.32 Å². The third kappa shape index (κ3) is 5.24. The molecule has 4 rings (SSSR count). The molecule has 0 unspecified atom stereocenters. The molecule has 2 saturated heterocycles. The number of thioether (sulfide) groups is 1. The largest absolute Gasteiger partial charge is 0.354 e. The Bertz CT molecular complexity index is 1220. The normalized spacial score (nSPS) is 19.2. The van der Waals surface area contributed by atoms with Crippen LogP contribution in [0.5, 0.6) is 0 Å². The highest BCUT2D eigenvalue weighted by Gasteiger charge is 2.36. The zero-order valence-electron chi connectivity index (χ0n) is 18.0. The highest BCUT2D eigenvalue weighted by atomic mass is 32.2. The number of nitrogens with zero attached hydrogens (tertiary/aromatic N) is 2. The van der Waals surface area contributed by atoms with Gasteiger partial charge in [0.2, 0.25) is 5.91 Å². The zero-order valence-corrected chi connectivity index (χ0v) is 20.4. The van der Waals surface area contributed by atoms with Gasteiger partial charge >= 0.3 is 0 Å². The van der Waals surface area contributed by atoms with Gasteiger partial charge in [0.15, 0.2) is 0 Å². The molecule has 34 heavy (non-hydrogen) atoms. The molecule has 1 aromatic carbocycles. The number of hydrogen-bond donors (Lipinski definition) is 1. The van der Waals surface area contributed by atoms with Crippen molar-refractivity contribution in [3.63, 3.8) is 0 Å². The van der Waals surface area contributed by atoms with Crippen molar-refractivity contribution in [3.8, 4) is 0 Å². The average molecular weight is 524 g/mol. The van der Waals surface area contributed by atoms with Gasteiger partial charge in [-0.2, -0.15) is 4.31 Å². The number of sulfonamides is 1. The maximum atomic E-state index is 13.8. The predicted octanol–water partition coefficient (Wildman–Crippen LogP) is 3.14. The molecule has 1 N–H and O–H groups in total. The summed E-state index contributed by atoms with van der Waals surface area (Å²) in [5.74, 6) is -1.59. The zero-order chi connectivity index (χ0) is 24.3. The summed E-state index contributed by atoms with van der Waals surface area (Å²) in [7, 11) is -3.53. The molecule has 0 saturated carbocycles. The number of halogens is 1. The highest BCUT2D eigenvalue weighted by Crippen LogP contribution is 2.32. The molecule has 3 heterocycles. The number of imide groups is 1. The van der Waals surface area contributed by atoms with Crippen LogP contribution in [0, 0.1) is 11.7 Å². The van der Waals surface area contributed by atoms with Gasteiger partial charge in [-0.3, -0.25) is 19.3 Å². The van der Waals surface area contributed by atoms with Crippen molar-refractivity contribution in [2.24, 2.45) is 5.92 Å². The van der Waals surface area contributed by atoms with Crippen LogP contribution in [0.2, 0.25) is 0 Å². The lowest BCUT2D eigenvalue weighted by Crippen LogP contribution is -2.44. The molecule has 180 valence electrons. The number of piperidine rings is 1. The minimum Gasteiger partial charge on any atom is -0.354 e. The second-order valence-electron chi connectivity index (χ2n) is 7.76. The van der Waals surface area contributed by atoms with E-state index in [1.165, 1.54) is 28.6 Å². The quantitative estimate of drug-likeness (QED) is 0.560. The van der Waals surface area contributed by atoms with Crippen LogP contribution in [0.15, 0.2) is 50.9 Å². The van der Waals surface area contributed by atoms with Crippen LogP contribution in [-0.2, 0) is 19.6 Å². The third-order valence-electron chi connectivity index (χ3n) is 5.61. The lowest BCUT2D eigenvalue weighted by atomic mass is 9.97. The average Bonchev–Trinajstić information content (AvgIpc) is 3.46. The van der Waals surface area contributed by atoms with Crippen LogP contribution < -0.4 is 5.32 Å². The predicted molar refractivity (Wildman–Crippen MR) is 128 cm³/mol. The smallest absolute Gasteiger partial charge is 0.293 e. The van der Waals surface area contributed by atoms with Gasteiger partial charge in [0.1, 0.15) is 10.0 Å². The van der Waals surface area contributed by atoms with Crippen LogP contribution in [0.1, 0.15) is 18.4 Å². The van der Waals surface area contributed by atoms with E-state index in [-0.39, 0.29) is 52.7 Å². The van der Waals surface area contributed by atoms with Crippen LogP contribution in [0.4, 0.5) is 9.18 Å². The SMILES string of the molecule is O=C(NCCN1C(=O)SC(=Cc2ccccc2F)C1=O)C1CCN(S(=O)(=O)c2cccs2)CC1. The van der Waals surface area contributed by atoms with Crippen molar-refractivity contribution in [3.05, 3.63) is 58.1 Å². The van der Waals surface area contributed by atoms with E-state index in [4.69, 9.17) is 0 Å². The van der Waals surface area contributed by atoms with E-state index >= 15 is 0 Å². The van der Waals surface area contributed by atoms with E-state index in [0.29, 0.717) is 12.8 Å². The van der Waals surface area contributed by atoms with Crippen molar-refractivity contribution in [1.29, 1.82) is 0 Å². The summed E-state index contributed by atoms with van der Waals surface area (Å²) in [5, 5.41) is 3.97. The van der Waals surface area contributed by atoms with Gasteiger partial charge in [-0.1, -0.05) is 24.3 Å². The van der Waals surface area contributed by atoms with Gasteiger partial charge in [0, 0.05) is 37.7 Å². The van der Waals surface area contributed by atoms with Gasteiger partial charge in [0.25, 0.3) is 21.2 Å². The van der Waals surface area contributed by atoms with E-state index in [1.54, 1.807) is 23.6 Å². The Hall–Kier alpha value is -2.54. The van der Waals surface area contributed by atoms with Gasteiger partial charge in [-0.15, -0.1) is 11.3 Å². The number of benzene rings is 1. The summed E-state index contributed by atoms with van der Waals surface area (Å²) in [5.41, 5.74) is 0.216. The molecule has 2 aliphatic heterocycles. The van der Waals surface area contributed by atoms with Crippen LogP contribution in [0.3, 0.4) is 0 Å². The van der Waals surface area contributed by atoms with Crippen LogP contribution in [0.25, 0.3) is 6.08 Å². The molecule has 2 fully saturated rings. The second kappa shape index (κ2) is 10.4. The Labute approximate surface area is 204 Å². The van der Waals surface area contributed by atoms with Crippen LogP contribution in [-0.4, -0.2) is 60.9 Å². The van der Waals surface area contributed by atoms with Crippen molar-refractivity contribution < 1.29 is 27.2 Å². The molecule has 0 aliphatic carbocycles. The maximum absolute atomic E-state index is 13.8. The fourth-order valence-electron chi connectivity index (χ4n) is 3.76. The lowest BCUT2D eigenvalue weighted by Gasteiger charge is -2.30. The summed E-state index contributed by atoms with van der Waals surface area (Å²) in [6, 6.07) is 9.21. The Morgan fingerprint density at radius 1 is 1.15 bits per heavy atom. The van der Waals surface area contributed by atoms with E-state index in [2.05, 4.69) is 5.32 Å². The Balaban J connectivity index is 1.26. The summed E-state index contributed by atoms with van der Waals surface area (Å²) < 4.78 is 40.7. The Kier molecular flexibility index (Phi) is 7.51. The molecule has 8 nitrogen and oxygen atoms in total. The highest BCUT2D eigenvalue weighted by molar-refractivity contribution is 8.18. The minimum absolute atomic E-state index is 0.00335. The van der Waals surface area contributed by atoms with Gasteiger partial charge in [-0.05, 0) is 48.2 Å². The van der Waals surface area contributed by atoms with Gasteiger partial charge in [-0.25, -0.2) is 12.8 Å². The monoisotopic (exact) mass is 523 g/mol. The maximum Gasteiger partial charge on any atom is 0.293 e. The fraction of sp³-hybridized carbons (Fsp3) is 0.318. The van der Waals surface area contributed by atoms with E-state index in [1.807, 2.05) is 0 Å². The number of thiophene rings is 1. The summed E-state index contributed by atoms with van der Waals surface area (Å²) >= 11 is 1.89. The number of nitrogens with one attached hydrogen (secondary N) is 1. The number of carbonyl (C=O) groups excluding carboxylic acids is 3. The lowest BCUT2D eigenvalue weighted by molar-refractivity contribution is -0.127. The van der Waals surface area contributed by atoms with E-state index in [0.717, 1.165) is 28.0 Å². The standard InChI is InChI=1S/C22H22FN3O5S3/c23-17-5-2-1-4-16(17)14-18-21(28)26(22(29)33-18)12-9-24-20(27)15-7-10-25(11-8-15)34(30,31)19-6-3-13-32-19/h1-6,13-15H,7-12H2,(H,24,27). The van der Waals surface area contributed by atoms with E-state index < -0.39 is 27.0 Å². The summed E-state index contributed by atoms with van der Waals surface area (Å²) in [4.78, 5) is 38.5. The molecule has 0 bridgehead atoms. The topological polar surface area (TPSA) is 104 Å². The molecule has 1 aromatic heterocycles. The molecule has 12 heteroatoms. The summed E-state index contributed by atoms with van der Waals surface area (Å²) in [6.45, 7) is 0.582. The molecular formula is C22H22FN3O5S3. The first-order valence-electron chi connectivity index (χ1n) is 10.6.